The number of rotatable bonds is 7. The summed E-state index contributed by atoms with van der Waals surface area (Å²) in [5.41, 5.74) is 2.95. The lowest BCUT2D eigenvalue weighted by atomic mass is 10.0. The van der Waals surface area contributed by atoms with Crippen LogP contribution in [0.1, 0.15) is 23.0 Å². The fourth-order valence-electron chi connectivity index (χ4n) is 3.73. The van der Waals surface area contributed by atoms with Crippen molar-refractivity contribution in [2.45, 2.75) is 13.5 Å². The summed E-state index contributed by atoms with van der Waals surface area (Å²) in [6.45, 7) is 2.00. The van der Waals surface area contributed by atoms with E-state index >= 15 is 0 Å². The number of hydrogen-bond donors (Lipinski definition) is 0. The maximum atomic E-state index is 13.5. The van der Waals surface area contributed by atoms with Crippen LogP contribution in [0.5, 0.6) is 11.5 Å². The van der Waals surface area contributed by atoms with E-state index in [1.165, 1.54) is 4.57 Å². The smallest absolute Gasteiger partial charge is 0.362 e. The highest BCUT2D eigenvalue weighted by Gasteiger charge is 2.20. The van der Waals surface area contributed by atoms with E-state index in [1.54, 1.807) is 39.3 Å². The van der Waals surface area contributed by atoms with E-state index in [9.17, 15) is 9.59 Å². The topological polar surface area (TPSA) is 79.7 Å². The lowest BCUT2D eigenvalue weighted by Gasteiger charge is -2.16. The van der Waals surface area contributed by atoms with Crippen LogP contribution in [0.4, 0.5) is 0 Å². The molecule has 0 radical (unpaired) electrons. The number of benzene rings is 3. The van der Waals surface area contributed by atoms with Crippen molar-refractivity contribution in [3.05, 3.63) is 86.7 Å². The minimum atomic E-state index is -0.749. The maximum absolute atomic E-state index is 13.5. The Morgan fingerprint density at radius 2 is 1.79 bits per heavy atom. The molecule has 0 aliphatic carbocycles. The molecular weight excluding hydrogens is 500 g/mol. The minimum Gasteiger partial charge on any atom is -0.497 e. The Bertz CT molecular complexity index is 1430. The molecule has 0 spiro atoms. The second-order valence-electron chi connectivity index (χ2n) is 7.46. The van der Waals surface area contributed by atoms with Crippen LogP contribution in [0, 0.1) is 0 Å². The van der Waals surface area contributed by atoms with Crippen molar-refractivity contribution in [1.29, 1.82) is 0 Å². The van der Waals surface area contributed by atoms with Gasteiger partial charge in [-0.15, -0.1) is 0 Å². The van der Waals surface area contributed by atoms with Crippen LogP contribution in [0.2, 0.25) is 0 Å². The van der Waals surface area contributed by atoms with Gasteiger partial charge in [0.25, 0.3) is 5.56 Å². The number of carbonyl (C=O) groups excluding carboxylic acids is 1. The molecule has 174 valence electrons. The molecule has 34 heavy (non-hydrogen) atoms. The van der Waals surface area contributed by atoms with Crippen molar-refractivity contribution in [2.75, 3.05) is 20.8 Å². The highest BCUT2D eigenvalue weighted by atomic mass is 79.9. The molecule has 3 aromatic carbocycles. The van der Waals surface area contributed by atoms with Gasteiger partial charge < -0.3 is 18.8 Å². The second kappa shape index (κ2) is 10.1. The van der Waals surface area contributed by atoms with Crippen LogP contribution in [0.15, 0.2) is 69.9 Å². The average molecular weight is 523 g/mol. The fraction of sp³-hybridized carbons (Fsp3) is 0.192. The van der Waals surface area contributed by atoms with Gasteiger partial charge in [0.2, 0.25) is 5.69 Å². The molecule has 0 bridgehead atoms. The minimum absolute atomic E-state index is 0.145. The number of ether oxygens (including phenoxy) is 3. The summed E-state index contributed by atoms with van der Waals surface area (Å²) >= 11 is 3.50. The lowest BCUT2D eigenvalue weighted by Crippen LogP contribution is -2.30. The molecule has 1 aromatic heterocycles. The van der Waals surface area contributed by atoms with Gasteiger partial charge in [0.15, 0.2) is 0 Å². The molecule has 0 saturated heterocycles. The normalized spacial score (nSPS) is 10.8. The molecular formula is C26H23BrN2O5. The zero-order valence-electron chi connectivity index (χ0n) is 19.0. The molecule has 0 unspecified atom stereocenters. The van der Waals surface area contributed by atoms with E-state index in [0.717, 1.165) is 21.2 Å². The first-order chi connectivity index (χ1) is 16.4. The van der Waals surface area contributed by atoms with E-state index in [-0.39, 0.29) is 18.8 Å². The molecule has 4 rings (SSSR count). The van der Waals surface area contributed by atoms with Gasteiger partial charge in [-0.1, -0.05) is 34.1 Å². The molecule has 0 fully saturated rings. The van der Waals surface area contributed by atoms with Crippen molar-refractivity contribution < 1.29 is 19.0 Å². The molecule has 0 saturated carbocycles. The molecule has 7 nitrogen and oxygen atoms in total. The zero-order valence-corrected chi connectivity index (χ0v) is 20.6. The third kappa shape index (κ3) is 4.68. The lowest BCUT2D eigenvalue weighted by molar-refractivity contribution is 0.0517. The number of aromatic nitrogens is 2. The predicted octanol–water partition coefficient (Wildman–Crippen LogP) is 5.07. The van der Waals surface area contributed by atoms with E-state index in [0.29, 0.717) is 22.5 Å². The van der Waals surface area contributed by atoms with E-state index in [1.807, 2.05) is 42.5 Å². The monoisotopic (exact) mass is 522 g/mol. The number of esters is 1. The first kappa shape index (κ1) is 23.5. The van der Waals surface area contributed by atoms with Gasteiger partial charge in [0.05, 0.1) is 38.4 Å². The Hall–Kier alpha value is -3.65. The van der Waals surface area contributed by atoms with Gasteiger partial charge in [-0.3, -0.25) is 4.79 Å². The van der Waals surface area contributed by atoms with Crippen molar-refractivity contribution in [1.82, 2.24) is 9.55 Å². The number of carbonyl (C=O) groups is 1. The van der Waals surface area contributed by atoms with Gasteiger partial charge in [0, 0.05) is 16.1 Å². The molecule has 8 heteroatoms. The van der Waals surface area contributed by atoms with Crippen LogP contribution in [0.25, 0.3) is 22.2 Å². The van der Waals surface area contributed by atoms with Gasteiger partial charge in [0.1, 0.15) is 11.5 Å². The van der Waals surface area contributed by atoms with Crippen LogP contribution in [-0.4, -0.2) is 36.3 Å². The molecule has 0 atom stereocenters. The van der Waals surface area contributed by atoms with Crippen LogP contribution in [-0.2, 0) is 11.3 Å². The summed E-state index contributed by atoms with van der Waals surface area (Å²) < 4.78 is 18.4. The highest BCUT2D eigenvalue weighted by Crippen LogP contribution is 2.28. The van der Waals surface area contributed by atoms with Gasteiger partial charge in [-0.2, -0.15) is 0 Å². The third-order valence-corrected chi connectivity index (χ3v) is 5.89. The van der Waals surface area contributed by atoms with Gasteiger partial charge in [-0.05, 0) is 54.4 Å². The SMILES string of the molecule is CCOC(=O)c1nc2ccc(-c3cccc(Br)c3)cc2n(Cc2ccc(OC)cc2OC)c1=O. The quantitative estimate of drug-likeness (QED) is 0.315. The van der Waals surface area contributed by atoms with Gasteiger partial charge >= 0.3 is 5.97 Å². The first-order valence-electron chi connectivity index (χ1n) is 10.6. The molecule has 0 N–H and O–H groups in total. The number of methoxy groups -OCH3 is 2. The Kier molecular flexibility index (Phi) is 6.98. The van der Waals surface area contributed by atoms with Crippen molar-refractivity contribution in [3.63, 3.8) is 0 Å². The number of nitrogens with zero attached hydrogens (tertiary/aromatic N) is 2. The number of hydrogen-bond acceptors (Lipinski definition) is 6. The summed E-state index contributed by atoms with van der Waals surface area (Å²) in [5.74, 6) is 0.453. The Labute approximate surface area is 205 Å². The first-order valence-corrected chi connectivity index (χ1v) is 11.4. The van der Waals surface area contributed by atoms with Crippen molar-refractivity contribution in [3.8, 4) is 22.6 Å². The van der Waals surface area contributed by atoms with E-state index in [4.69, 9.17) is 14.2 Å². The Morgan fingerprint density at radius 3 is 2.50 bits per heavy atom. The predicted molar refractivity (Wildman–Crippen MR) is 134 cm³/mol. The van der Waals surface area contributed by atoms with Crippen LogP contribution < -0.4 is 15.0 Å². The van der Waals surface area contributed by atoms with Crippen molar-refractivity contribution >= 4 is 32.9 Å². The van der Waals surface area contributed by atoms with Crippen LogP contribution >= 0.6 is 15.9 Å². The largest absolute Gasteiger partial charge is 0.497 e. The standard InChI is InChI=1S/C26H23BrN2O5/c1-4-34-26(31)24-25(30)29(15-18-8-10-20(32-2)14-23(18)33-3)22-13-17(9-11-21(22)28-24)16-6-5-7-19(27)12-16/h5-14H,4,15H2,1-3H3. The molecule has 0 amide bonds. The molecule has 0 aliphatic rings. The van der Waals surface area contributed by atoms with E-state index in [2.05, 4.69) is 20.9 Å². The zero-order chi connectivity index (χ0) is 24.2. The summed E-state index contributed by atoms with van der Waals surface area (Å²) in [4.78, 5) is 30.3. The fourth-order valence-corrected chi connectivity index (χ4v) is 4.13. The van der Waals surface area contributed by atoms with Crippen LogP contribution in [0.3, 0.4) is 0 Å². The summed E-state index contributed by atoms with van der Waals surface area (Å²) in [7, 11) is 3.13. The number of fused-ring (bicyclic) bond motifs is 1. The average Bonchev–Trinajstić information content (AvgIpc) is 2.85. The van der Waals surface area contributed by atoms with Gasteiger partial charge in [-0.25, -0.2) is 9.78 Å². The summed E-state index contributed by atoms with van der Waals surface area (Å²) in [5, 5.41) is 0. The Morgan fingerprint density at radius 1 is 1.00 bits per heavy atom. The summed E-state index contributed by atoms with van der Waals surface area (Å²) in [6.07, 6.45) is 0. The summed E-state index contributed by atoms with van der Waals surface area (Å²) in [6, 6.07) is 18.9. The second-order valence-corrected chi connectivity index (χ2v) is 8.38. The third-order valence-electron chi connectivity index (χ3n) is 5.40. The van der Waals surface area contributed by atoms with E-state index < -0.39 is 11.5 Å². The highest BCUT2D eigenvalue weighted by molar-refractivity contribution is 9.10. The molecule has 4 aromatic rings. The molecule has 1 heterocycles. The number of halogens is 1. The van der Waals surface area contributed by atoms with Crippen molar-refractivity contribution in [2.24, 2.45) is 0 Å². The Balaban J connectivity index is 1.94. The molecule has 0 aliphatic heterocycles. The maximum Gasteiger partial charge on any atom is 0.362 e.